The molecule has 0 N–H and O–H groups in total. The number of carbonyl (C=O) groups excluding carboxylic acids is 1. The first-order valence-electron chi connectivity index (χ1n) is 6.41. The van der Waals surface area contributed by atoms with Crippen LogP contribution < -0.4 is 0 Å². The molecule has 100 valence electrons. The van der Waals surface area contributed by atoms with Crippen LogP contribution in [0.1, 0.15) is 46.5 Å². The molecule has 0 radical (unpaired) electrons. The third kappa shape index (κ3) is 1.84. The summed E-state index contributed by atoms with van der Waals surface area (Å²) in [4.78, 5) is 11.9. The molecule has 0 saturated heterocycles. The first-order chi connectivity index (χ1) is 8.22. The Kier molecular flexibility index (Phi) is 3.57. The fraction of sp³-hybridized carbons (Fsp3) is 0.667. The molecule has 3 heteroatoms. The van der Waals surface area contributed by atoms with Crippen LogP contribution in [0.4, 0.5) is 0 Å². The zero-order chi connectivity index (χ0) is 13.7. The third-order valence-corrected chi connectivity index (χ3v) is 7.17. The normalized spacial score (nSPS) is 36.4. The number of hydrogen-bond acceptors (Lipinski definition) is 1. The maximum absolute atomic E-state index is 12.0. The molecule has 18 heavy (non-hydrogen) atoms. The SMILES string of the molecule is C=C1CC(=O)[C@@H](Br)C(C)(C)[C@]12CCC(C)=C(Cl)C2. The summed E-state index contributed by atoms with van der Waals surface area (Å²) in [6.07, 6.45) is 3.38. The number of carbonyl (C=O) groups is 1. The van der Waals surface area contributed by atoms with E-state index < -0.39 is 0 Å². The maximum atomic E-state index is 12.0. The van der Waals surface area contributed by atoms with E-state index in [-0.39, 0.29) is 21.4 Å². The number of halogens is 2. The summed E-state index contributed by atoms with van der Waals surface area (Å²) in [7, 11) is 0. The van der Waals surface area contributed by atoms with Crippen LogP contribution in [0.25, 0.3) is 0 Å². The Hall–Kier alpha value is -0.0800. The van der Waals surface area contributed by atoms with Gasteiger partial charge in [0.1, 0.15) is 0 Å². The van der Waals surface area contributed by atoms with Gasteiger partial charge in [-0.1, -0.05) is 59.1 Å². The fourth-order valence-electron chi connectivity index (χ4n) is 3.46. The molecule has 0 aliphatic heterocycles. The van der Waals surface area contributed by atoms with Crippen LogP contribution in [-0.2, 0) is 4.79 Å². The average Bonchev–Trinajstić information content (AvgIpc) is 2.29. The van der Waals surface area contributed by atoms with E-state index in [4.69, 9.17) is 11.6 Å². The third-order valence-electron chi connectivity index (χ3n) is 5.06. The first-order valence-corrected chi connectivity index (χ1v) is 7.71. The van der Waals surface area contributed by atoms with Crippen LogP contribution in [0.5, 0.6) is 0 Å². The summed E-state index contributed by atoms with van der Waals surface area (Å²) < 4.78 is 0. The zero-order valence-corrected chi connectivity index (χ0v) is 13.6. The number of ketones is 1. The summed E-state index contributed by atoms with van der Waals surface area (Å²) in [5.74, 6) is 0.248. The van der Waals surface area contributed by atoms with Crippen molar-refractivity contribution in [2.45, 2.75) is 51.3 Å². The Morgan fingerprint density at radius 2 is 2.06 bits per heavy atom. The summed E-state index contributed by atoms with van der Waals surface area (Å²) in [5.41, 5.74) is 2.18. The summed E-state index contributed by atoms with van der Waals surface area (Å²) in [6, 6.07) is 0. The van der Waals surface area contributed by atoms with E-state index >= 15 is 0 Å². The van der Waals surface area contributed by atoms with E-state index in [9.17, 15) is 4.79 Å². The number of Topliss-reactive ketones (excluding diaryl/α,β-unsaturated/α-hetero) is 1. The minimum Gasteiger partial charge on any atom is -0.298 e. The van der Waals surface area contributed by atoms with E-state index in [2.05, 4.69) is 43.3 Å². The minimum atomic E-state index is -0.139. The van der Waals surface area contributed by atoms with Crippen molar-refractivity contribution < 1.29 is 4.79 Å². The van der Waals surface area contributed by atoms with E-state index in [0.29, 0.717) is 6.42 Å². The van der Waals surface area contributed by atoms with Crippen molar-refractivity contribution in [3.05, 3.63) is 22.8 Å². The monoisotopic (exact) mass is 330 g/mol. The van der Waals surface area contributed by atoms with E-state index in [1.54, 1.807) is 0 Å². The van der Waals surface area contributed by atoms with Crippen molar-refractivity contribution in [2.75, 3.05) is 0 Å². The molecule has 1 nitrogen and oxygen atoms in total. The van der Waals surface area contributed by atoms with Gasteiger partial charge in [-0.3, -0.25) is 4.79 Å². The van der Waals surface area contributed by atoms with Gasteiger partial charge in [0.2, 0.25) is 0 Å². The van der Waals surface area contributed by atoms with Gasteiger partial charge in [-0.15, -0.1) is 0 Å². The molecule has 0 aromatic heterocycles. The zero-order valence-electron chi connectivity index (χ0n) is 11.3. The van der Waals surface area contributed by atoms with Gasteiger partial charge >= 0.3 is 0 Å². The van der Waals surface area contributed by atoms with E-state index in [1.807, 2.05) is 0 Å². The smallest absolute Gasteiger partial charge is 0.151 e. The highest BCUT2D eigenvalue weighted by atomic mass is 79.9. The molecule has 0 aromatic rings. The van der Waals surface area contributed by atoms with Crippen LogP contribution in [-0.4, -0.2) is 10.6 Å². The molecular weight excluding hydrogens is 312 g/mol. The molecule has 2 aliphatic carbocycles. The van der Waals surface area contributed by atoms with Crippen LogP contribution in [0.2, 0.25) is 0 Å². The van der Waals surface area contributed by atoms with Gasteiger partial charge in [-0.05, 0) is 31.6 Å². The van der Waals surface area contributed by atoms with Gasteiger partial charge < -0.3 is 0 Å². The molecule has 1 saturated carbocycles. The Morgan fingerprint density at radius 1 is 1.44 bits per heavy atom. The van der Waals surface area contributed by atoms with Gasteiger partial charge in [0, 0.05) is 16.9 Å². The van der Waals surface area contributed by atoms with Gasteiger partial charge in [0.15, 0.2) is 5.78 Å². The molecule has 2 aliphatic rings. The van der Waals surface area contributed by atoms with Crippen LogP contribution in [0.3, 0.4) is 0 Å². The van der Waals surface area contributed by atoms with Gasteiger partial charge in [0.25, 0.3) is 0 Å². The van der Waals surface area contributed by atoms with Crippen molar-refractivity contribution in [2.24, 2.45) is 10.8 Å². The fourth-order valence-corrected chi connectivity index (χ4v) is 4.38. The summed E-state index contributed by atoms with van der Waals surface area (Å²) >= 11 is 10.0. The van der Waals surface area contributed by atoms with Crippen molar-refractivity contribution >= 4 is 33.3 Å². The standard InChI is InChI=1S/C15H20BrClO/c1-9-5-6-15(8-11(9)17)10(2)7-12(18)13(16)14(15,3)4/h13H,2,5-8H2,1,3-4H3/t13-,15+/m1/s1. The Balaban J connectivity index is 2.48. The molecule has 0 amide bonds. The molecule has 2 atom stereocenters. The van der Waals surface area contributed by atoms with Crippen LogP contribution >= 0.6 is 27.5 Å². The number of rotatable bonds is 0. The quantitative estimate of drug-likeness (QED) is 0.451. The topological polar surface area (TPSA) is 17.1 Å². The van der Waals surface area contributed by atoms with Crippen molar-refractivity contribution in [3.63, 3.8) is 0 Å². The highest BCUT2D eigenvalue weighted by Crippen LogP contribution is 2.61. The maximum Gasteiger partial charge on any atom is 0.151 e. The lowest BCUT2D eigenvalue weighted by Crippen LogP contribution is -2.53. The molecule has 2 rings (SSSR count). The van der Waals surface area contributed by atoms with Gasteiger partial charge in [-0.2, -0.15) is 0 Å². The average molecular weight is 332 g/mol. The molecule has 1 spiro atoms. The predicted octanol–water partition coefficient (Wildman–Crippen LogP) is 4.99. The molecule has 0 heterocycles. The second-order valence-corrected chi connectivity index (χ2v) is 7.65. The Bertz CT molecular complexity index is 449. The van der Waals surface area contributed by atoms with Crippen LogP contribution in [0.15, 0.2) is 22.8 Å². The molecule has 0 aromatic carbocycles. The van der Waals surface area contributed by atoms with Crippen molar-refractivity contribution in [1.29, 1.82) is 0 Å². The first kappa shape index (κ1) is 14.3. The van der Waals surface area contributed by atoms with E-state index in [1.165, 1.54) is 5.57 Å². The minimum absolute atomic E-state index is 0.0360. The second kappa shape index (κ2) is 4.49. The van der Waals surface area contributed by atoms with E-state index in [0.717, 1.165) is 29.9 Å². The molecule has 0 bridgehead atoms. The molecule has 1 fully saturated rings. The van der Waals surface area contributed by atoms with Crippen LogP contribution in [0, 0.1) is 10.8 Å². The lowest BCUT2D eigenvalue weighted by molar-refractivity contribution is -0.124. The Morgan fingerprint density at radius 3 is 2.61 bits per heavy atom. The number of alkyl halides is 1. The second-order valence-electron chi connectivity index (χ2n) is 6.27. The number of allylic oxidation sites excluding steroid dienone is 3. The lowest BCUT2D eigenvalue weighted by Gasteiger charge is -2.55. The largest absolute Gasteiger partial charge is 0.298 e. The predicted molar refractivity (Wildman–Crippen MR) is 80.1 cm³/mol. The summed E-state index contributed by atoms with van der Waals surface area (Å²) in [6.45, 7) is 10.6. The Labute approximate surface area is 123 Å². The highest BCUT2D eigenvalue weighted by Gasteiger charge is 2.56. The van der Waals surface area contributed by atoms with Crippen molar-refractivity contribution in [1.82, 2.24) is 0 Å². The van der Waals surface area contributed by atoms with Gasteiger partial charge in [-0.25, -0.2) is 0 Å². The summed E-state index contributed by atoms with van der Waals surface area (Å²) in [5, 5.41) is 0.963. The number of hydrogen-bond donors (Lipinski definition) is 0. The lowest BCUT2D eigenvalue weighted by atomic mass is 9.51. The highest BCUT2D eigenvalue weighted by molar-refractivity contribution is 9.10. The van der Waals surface area contributed by atoms with Gasteiger partial charge in [0.05, 0.1) is 4.83 Å². The van der Waals surface area contributed by atoms with Crippen molar-refractivity contribution in [3.8, 4) is 0 Å². The molecular formula is C15H20BrClO. The molecule has 0 unspecified atom stereocenters.